The van der Waals surface area contributed by atoms with Crippen LogP contribution in [-0.2, 0) is 61.3 Å². The molecule has 0 bridgehead atoms. The van der Waals surface area contributed by atoms with E-state index in [2.05, 4.69) is 43.9 Å². The highest BCUT2D eigenvalue weighted by molar-refractivity contribution is 7.48. The summed E-state index contributed by atoms with van der Waals surface area (Å²) in [4.78, 5) is 2.98. The fourth-order valence-electron chi connectivity index (χ4n) is 6.20. The van der Waals surface area contributed by atoms with Crippen LogP contribution in [0, 0.1) is 17.8 Å². The second-order valence-corrected chi connectivity index (χ2v) is 21.8. The maximum Gasteiger partial charge on any atom is 0.475 e. The van der Waals surface area contributed by atoms with Gasteiger partial charge in [-0.05, 0) is 46.3 Å². The highest BCUT2D eigenvalue weighted by atomic mass is 31.2. The molecule has 0 aliphatic carbocycles. The van der Waals surface area contributed by atoms with Gasteiger partial charge in [0.05, 0.1) is 45.2 Å². The van der Waals surface area contributed by atoms with Crippen LogP contribution in [0.5, 0.6) is 0 Å². The van der Waals surface area contributed by atoms with Crippen molar-refractivity contribution in [2.45, 2.75) is 123 Å². The zero-order chi connectivity index (χ0) is 37.0. The van der Waals surface area contributed by atoms with E-state index in [4.69, 9.17) is 36.9 Å². The molecule has 0 radical (unpaired) electrons. The molecule has 5 rings (SSSR count). The molecule has 0 saturated carbocycles. The van der Waals surface area contributed by atoms with E-state index in [0.29, 0.717) is 6.61 Å². The Morgan fingerprint density at radius 1 is 0.902 bits per heavy atom. The second kappa shape index (κ2) is 16.9. The third-order valence-electron chi connectivity index (χ3n) is 10.9. The molecule has 13 nitrogen and oxygen atoms in total. The molecule has 2 aromatic rings. The predicted octanol–water partition coefficient (Wildman–Crippen LogP) is 7.88. The van der Waals surface area contributed by atoms with E-state index in [1.807, 2.05) is 75.4 Å². The monoisotopic (exact) mass is 747 g/mol. The van der Waals surface area contributed by atoms with Crippen LogP contribution in [0.2, 0.25) is 18.1 Å². The van der Waals surface area contributed by atoms with E-state index >= 15 is 0 Å². The minimum atomic E-state index is -3.99. The lowest BCUT2D eigenvalue weighted by Crippen LogP contribution is -2.59. The first-order valence-corrected chi connectivity index (χ1v) is 22.1. The molecule has 4 unspecified atom stereocenters. The maximum absolute atomic E-state index is 14.0. The van der Waals surface area contributed by atoms with Crippen molar-refractivity contribution in [2.75, 3.05) is 13.2 Å². The number of hydrogen-bond donors (Lipinski definition) is 1. The number of rotatable bonds is 12. The fraction of sp³-hybridized carbons (Fsp3) is 0.667. The molecule has 2 saturated heterocycles. The van der Waals surface area contributed by atoms with Gasteiger partial charge in [-0.15, -0.1) is 0 Å². The minimum Gasteiger partial charge on any atom is -0.392 e. The van der Waals surface area contributed by atoms with Gasteiger partial charge >= 0.3 is 7.82 Å². The first kappa shape index (κ1) is 40.0. The van der Waals surface area contributed by atoms with Crippen molar-refractivity contribution in [1.29, 1.82) is 0 Å². The van der Waals surface area contributed by atoms with Crippen molar-refractivity contribution in [3.05, 3.63) is 81.7 Å². The number of ether oxygens (including phenoxy) is 4. The zero-order valence-corrected chi connectivity index (χ0v) is 32.8. The third-order valence-corrected chi connectivity index (χ3v) is 16.7. The van der Waals surface area contributed by atoms with Crippen molar-refractivity contribution >= 4 is 16.1 Å². The predicted molar refractivity (Wildman–Crippen MR) is 193 cm³/mol. The number of phosphoric acid groups is 1. The molecule has 51 heavy (non-hydrogen) atoms. The van der Waals surface area contributed by atoms with Crippen LogP contribution in [-0.4, -0.2) is 69.7 Å². The first-order chi connectivity index (χ1) is 24.1. The lowest BCUT2D eigenvalue weighted by molar-refractivity contribution is -0.290. The summed E-state index contributed by atoms with van der Waals surface area (Å²) in [5.41, 5.74) is 12.1. The Morgan fingerprint density at radius 3 is 2.12 bits per heavy atom. The molecular weight excluding hydrogens is 693 g/mol. The SMILES string of the molecule is CC1[C@H](OCC2O[C@@H](O[Si](C)(C)C(C)(C)C)C(N=[N+]=[N-])[C@@H](O)[C@@H]2C)OC(COCc2ccccc2)[C@@H](OP2(=O)OCc3ccccc3CO2)[C@@H]1C. The lowest BCUT2D eigenvalue weighted by atomic mass is 9.84. The Hall–Kier alpha value is -2.16. The molecule has 2 aromatic carbocycles. The molecule has 15 heteroatoms. The van der Waals surface area contributed by atoms with Crippen LogP contribution < -0.4 is 0 Å². The van der Waals surface area contributed by atoms with Gasteiger partial charge in [0.1, 0.15) is 18.2 Å². The maximum atomic E-state index is 14.0. The summed E-state index contributed by atoms with van der Waals surface area (Å²) in [5.74, 6) is -0.886. The van der Waals surface area contributed by atoms with Crippen LogP contribution in [0.4, 0.5) is 0 Å². The summed E-state index contributed by atoms with van der Waals surface area (Å²) >= 11 is 0. The van der Waals surface area contributed by atoms with Gasteiger partial charge in [-0.3, -0.25) is 13.6 Å². The van der Waals surface area contributed by atoms with Crippen molar-refractivity contribution in [3.8, 4) is 0 Å². The van der Waals surface area contributed by atoms with E-state index < -0.39 is 65.1 Å². The van der Waals surface area contributed by atoms with Crippen LogP contribution in [0.15, 0.2) is 59.7 Å². The average Bonchev–Trinajstić information content (AvgIpc) is 3.26. The van der Waals surface area contributed by atoms with Crippen molar-refractivity contribution in [2.24, 2.45) is 22.9 Å². The molecule has 0 spiro atoms. The van der Waals surface area contributed by atoms with Crippen molar-refractivity contribution < 1.29 is 46.6 Å². The number of aliphatic hydroxyl groups is 1. The van der Waals surface area contributed by atoms with Gasteiger partial charge in [0.15, 0.2) is 20.9 Å². The topological polar surface area (TPSA) is 160 Å². The number of fused-ring (bicyclic) bond motifs is 1. The number of phosphoric ester groups is 1. The molecule has 0 amide bonds. The Labute approximate surface area is 302 Å². The van der Waals surface area contributed by atoms with Gasteiger partial charge in [0, 0.05) is 16.7 Å². The molecule has 0 aromatic heterocycles. The van der Waals surface area contributed by atoms with Crippen molar-refractivity contribution in [3.63, 3.8) is 0 Å². The molecule has 3 aliphatic heterocycles. The number of nitrogens with zero attached hydrogens (tertiary/aromatic N) is 3. The Bertz CT molecular complexity index is 1510. The van der Waals surface area contributed by atoms with E-state index in [-0.39, 0.29) is 43.3 Å². The van der Waals surface area contributed by atoms with Gasteiger partial charge in [0.25, 0.3) is 0 Å². The summed E-state index contributed by atoms with van der Waals surface area (Å²) in [7, 11) is -6.37. The van der Waals surface area contributed by atoms with Gasteiger partial charge < -0.3 is 28.5 Å². The Kier molecular flexibility index (Phi) is 13.3. The number of benzene rings is 2. The summed E-state index contributed by atoms with van der Waals surface area (Å²) in [6, 6.07) is 16.5. The number of aliphatic hydroxyl groups excluding tert-OH is 1. The number of hydrogen-bond acceptors (Lipinski definition) is 11. The lowest BCUT2D eigenvalue weighted by Gasteiger charge is -2.48. The van der Waals surface area contributed by atoms with Gasteiger partial charge in [-0.1, -0.05) is 101 Å². The summed E-state index contributed by atoms with van der Waals surface area (Å²) in [6.45, 7) is 17.0. The molecule has 10 atom stereocenters. The quantitative estimate of drug-likeness (QED) is 0.0744. The fourth-order valence-corrected chi connectivity index (χ4v) is 8.74. The highest BCUT2D eigenvalue weighted by Gasteiger charge is 2.50. The van der Waals surface area contributed by atoms with Crippen LogP contribution >= 0.6 is 7.82 Å². The third kappa shape index (κ3) is 9.69. The average molecular weight is 748 g/mol. The van der Waals surface area contributed by atoms with E-state index in [0.717, 1.165) is 16.7 Å². The minimum absolute atomic E-state index is 0.0758. The summed E-state index contributed by atoms with van der Waals surface area (Å²) < 4.78 is 63.9. The molecular formula is C36H54N3O10PSi. The number of azide groups is 1. The summed E-state index contributed by atoms with van der Waals surface area (Å²) in [6.07, 6.45) is -4.65. The van der Waals surface area contributed by atoms with Crippen LogP contribution in [0.25, 0.3) is 10.4 Å². The first-order valence-electron chi connectivity index (χ1n) is 17.7. The molecule has 3 heterocycles. The largest absolute Gasteiger partial charge is 0.475 e. The zero-order valence-electron chi connectivity index (χ0n) is 30.9. The smallest absolute Gasteiger partial charge is 0.392 e. The van der Waals surface area contributed by atoms with Crippen LogP contribution in [0.3, 0.4) is 0 Å². The van der Waals surface area contributed by atoms with Gasteiger partial charge in [-0.2, -0.15) is 0 Å². The molecule has 282 valence electrons. The second-order valence-electron chi connectivity index (χ2n) is 15.4. The van der Waals surface area contributed by atoms with Crippen LogP contribution in [0.1, 0.15) is 58.2 Å². The Morgan fingerprint density at radius 2 is 1.51 bits per heavy atom. The standard InChI is InChI=1S/C36H54N3O10PSi/c1-23-24(2)34(43-22-29-25(3)32(40)31(38-39-37)35(46-29)49-51(7,8)36(4,5)6)47-30(21-42-18-26-14-10-9-11-15-26)33(23)48-50(41)44-19-27-16-12-13-17-28(27)20-45-50/h9-17,23-25,29-35,40H,18-22H2,1-8H3/t23-,24?,25-,29?,30?,31?,32+,33+,34-,35+/m1/s1. The Balaban J connectivity index is 1.30. The van der Waals surface area contributed by atoms with Gasteiger partial charge in [0.2, 0.25) is 0 Å². The van der Waals surface area contributed by atoms with Crippen molar-refractivity contribution in [1.82, 2.24) is 0 Å². The summed E-state index contributed by atoms with van der Waals surface area (Å²) in [5, 5.41) is 15.0. The van der Waals surface area contributed by atoms with E-state index in [1.54, 1.807) is 0 Å². The molecule has 1 N–H and O–H groups in total. The van der Waals surface area contributed by atoms with E-state index in [9.17, 15) is 15.2 Å². The highest BCUT2D eigenvalue weighted by Crippen LogP contribution is 2.56. The normalized spacial score (nSPS) is 32.7. The molecule has 2 fully saturated rings. The van der Waals surface area contributed by atoms with E-state index in [1.165, 1.54) is 0 Å². The molecule has 3 aliphatic rings. The van der Waals surface area contributed by atoms with Gasteiger partial charge in [-0.25, -0.2) is 4.57 Å².